The van der Waals surface area contributed by atoms with Crippen molar-refractivity contribution in [3.8, 4) is 11.3 Å². The molecule has 2 heterocycles. The van der Waals surface area contributed by atoms with Crippen LogP contribution in [0.25, 0.3) is 11.3 Å². The number of aliphatic carboxylic acids is 1. The van der Waals surface area contributed by atoms with E-state index in [2.05, 4.69) is 22.4 Å². The maximum absolute atomic E-state index is 10.6. The Kier molecular flexibility index (Phi) is 4.20. The lowest BCUT2D eigenvalue weighted by Crippen LogP contribution is -2.19. The second-order valence-electron chi connectivity index (χ2n) is 5.41. The summed E-state index contributed by atoms with van der Waals surface area (Å²) >= 11 is 1.67. The highest BCUT2D eigenvalue weighted by Crippen LogP contribution is 2.31. The Labute approximate surface area is 128 Å². The number of carbonyl (C=O) groups is 1. The van der Waals surface area contributed by atoms with E-state index in [4.69, 9.17) is 10.1 Å². The second-order valence-corrected chi connectivity index (χ2v) is 6.25. The van der Waals surface area contributed by atoms with Crippen molar-refractivity contribution in [2.24, 2.45) is 5.92 Å². The molecule has 110 valence electrons. The molecule has 21 heavy (non-hydrogen) atoms. The molecule has 1 aromatic carbocycles. The quantitative estimate of drug-likeness (QED) is 0.918. The maximum Gasteiger partial charge on any atom is 0.303 e. The topological polar surface area (TPSA) is 53.4 Å². The summed E-state index contributed by atoms with van der Waals surface area (Å²) in [5.41, 5.74) is 2.16. The Hall–Kier alpha value is -1.88. The van der Waals surface area contributed by atoms with E-state index >= 15 is 0 Å². The lowest BCUT2D eigenvalue weighted by atomic mass is 10.0. The van der Waals surface area contributed by atoms with E-state index in [1.54, 1.807) is 11.3 Å². The number of hydrogen-bond acceptors (Lipinski definition) is 4. The van der Waals surface area contributed by atoms with Gasteiger partial charge in [0.2, 0.25) is 0 Å². The molecule has 0 aliphatic carbocycles. The van der Waals surface area contributed by atoms with Gasteiger partial charge in [-0.15, -0.1) is 11.3 Å². The smallest absolute Gasteiger partial charge is 0.303 e. The summed E-state index contributed by atoms with van der Waals surface area (Å²) in [6.45, 7) is 1.90. The molecular formula is C16H18N2O2S. The number of carboxylic acid groups (broad SMARTS) is 1. The zero-order chi connectivity index (χ0) is 14.7. The van der Waals surface area contributed by atoms with Crippen molar-refractivity contribution in [3.63, 3.8) is 0 Å². The van der Waals surface area contributed by atoms with Crippen LogP contribution in [0, 0.1) is 5.92 Å². The van der Waals surface area contributed by atoms with Crippen LogP contribution in [0.15, 0.2) is 35.7 Å². The van der Waals surface area contributed by atoms with Crippen LogP contribution in [0.5, 0.6) is 0 Å². The fourth-order valence-electron chi connectivity index (χ4n) is 2.72. The van der Waals surface area contributed by atoms with Gasteiger partial charge in [0.05, 0.1) is 5.69 Å². The highest BCUT2D eigenvalue weighted by Gasteiger charge is 2.25. The number of benzene rings is 1. The molecule has 3 rings (SSSR count). The van der Waals surface area contributed by atoms with E-state index < -0.39 is 5.97 Å². The van der Waals surface area contributed by atoms with Gasteiger partial charge in [-0.25, -0.2) is 4.98 Å². The maximum atomic E-state index is 10.6. The summed E-state index contributed by atoms with van der Waals surface area (Å²) in [4.78, 5) is 17.6. The van der Waals surface area contributed by atoms with Gasteiger partial charge in [-0.1, -0.05) is 30.3 Å². The average Bonchev–Trinajstić information content (AvgIpc) is 3.15. The highest BCUT2D eigenvalue weighted by molar-refractivity contribution is 7.14. The zero-order valence-corrected chi connectivity index (χ0v) is 12.6. The molecule has 4 nitrogen and oxygen atoms in total. The first-order chi connectivity index (χ1) is 10.2. The summed E-state index contributed by atoms with van der Waals surface area (Å²) in [5, 5.41) is 11.9. The fourth-order valence-corrected chi connectivity index (χ4v) is 3.59. The van der Waals surface area contributed by atoms with Gasteiger partial charge in [-0.3, -0.25) is 4.79 Å². The van der Waals surface area contributed by atoms with E-state index in [0.29, 0.717) is 5.92 Å². The minimum absolute atomic E-state index is 0.269. The van der Waals surface area contributed by atoms with Crippen molar-refractivity contribution in [2.45, 2.75) is 19.3 Å². The number of carboxylic acids is 1. The van der Waals surface area contributed by atoms with Gasteiger partial charge in [0.1, 0.15) is 0 Å². The van der Waals surface area contributed by atoms with E-state index in [9.17, 15) is 4.79 Å². The van der Waals surface area contributed by atoms with Crippen molar-refractivity contribution in [1.82, 2.24) is 4.98 Å². The van der Waals surface area contributed by atoms with Crippen molar-refractivity contribution in [3.05, 3.63) is 35.7 Å². The lowest BCUT2D eigenvalue weighted by Gasteiger charge is -2.14. The van der Waals surface area contributed by atoms with Crippen molar-refractivity contribution in [1.29, 1.82) is 0 Å². The Morgan fingerprint density at radius 3 is 2.95 bits per heavy atom. The summed E-state index contributed by atoms with van der Waals surface area (Å²) in [6.07, 6.45) is 2.10. The van der Waals surface area contributed by atoms with Crippen LogP contribution < -0.4 is 4.90 Å². The first kappa shape index (κ1) is 14.1. The molecule has 0 amide bonds. The van der Waals surface area contributed by atoms with Gasteiger partial charge < -0.3 is 10.0 Å². The molecular weight excluding hydrogens is 284 g/mol. The van der Waals surface area contributed by atoms with Gasteiger partial charge in [-0.05, 0) is 18.8 Å². The third-order valence-corrected chi connectivity index (χ3v) is 4.79. The molecule has 0 saturated carbocycles. The van der Waals surface area contributed by atoms with E-state index in [-0.39, 0.29) is 6.42 Å². The Morgan fingerprint density at radius 2 is 2.19 bits per heavy atom. The molecule has 1 aliphatic rings. The molecule has 1 fully saturated rings. The van der Waals surface area contributed by atoms with Crippen LogP contribution in [0.1, 0.15) is 19.3 Å². The summed E-state index contributed by atoms with van der Waals surface area (Å²) in [6, 6.07) is 10.2. The van der Waals surface area contributed by atoms with Crippen molar-refractivity contribution in [2.75, 3.05) is 18.0 Å². The fraction of sp³-hybridized carbons (Fsp3) is 0.375. The number of anilines is 1. The second kappa shape index (κ2) is 6.26. The number of nitrogens with zero attached hydrogens (tertiary/aromatic N) is 2. The molecule has 0 spiro atoms. The highest BCUT2D eigenvalue weighted by atomic mass is 32.1. The molecule has 1 aliphatic heterocycles. The predicted molar refractivity (Wildman–Crippen MR) is 84.7 cm³/mol. The molecule has 1 atom stereocenters. The van der Waals surface area contributed by atoms with Crippen LogP contribution >= 0.6 is 11.3 Å². The monoisotopic (exact) mass is 302 g/mol. The molecule has 1 aromatic heterocycles. The number of thiazole rings is 1. The first-order valence-corrected chi connectivity index (χ1v) is 8.08. The largest absolute Gasteiger partial charge is 0.481 e. The standard InChI is InChI=1S/C16H18N2O2S/c19-15(20)7-6-12-8-9-18(10-12)16-17-14(11-21-16)13-4-2-1-3-5-13/h1-5,11-12H,6-10H2,(H,19,20). The molecule has 1 saturated heterocycles. The SMILES string of the molecule is O=C(O)CCC1CCN(c2nc(-c3ccccc3)cs2)C1. The number of hydrogen-bond donors (Lipinski definition) is 1. The van der Waals surface area contributed by atoms with E-state index in [1.807, 2.05) is 18.2 Å². The number of rotatable bonds is 5. The third-order valence-electron chi connectivity index (χ3n) is 3.88. The predicted octanol–water partition coefficient (Wildman–Crippen LogP) is 3.50. The number of aromatic nitrogens is 1. The minimum Gasteiger partial charge on any atom is -0.481 e. The molecule has 1 unspecified atom stereocenters. The molecule has 0 bridgehead atoms. The van der Waals surface area contributed by atoms with E-state index in [0.717, 1.165) is 42.3 Å². The minimum atomic E-state index is -0.700. The third kappa shape index (κ3) is 3.42. The van der Waals surface area contributed by atoms with Crippen LogP contribution in [-0.2, 0) is 4.79 Å². The normalized spacial score (nSPS) is 18.1. The van der Waals surface area contributed by atoms with Gasteiger partial charge in [0, 0.05) is 30.5 Å². The van der Waals surface area contributed by atoms with E-state index in [1.165, 1.54) is 0 Å². The van der Waals surface area contributed by atoms with Gasteiger partial charge in [0.25, 0.3) is 0 Å². The van der Waals surface area contributed by atoms with Crippen LogP contribution in [0.4, 0.5) is 5.13 Å². The van der Waals surface area contributed by atoms with Crippen molar-refractivity contribution < 1.29 is 9.90 Å². The van der Waals surface area contributed by atoms with Gasteiger partial charge >= 0.3 is 5.97 Å². The Bertz CT molecular complexity index is 612. The molecule has 0 radical (unpaired) electrons. The Balaban J connectivity index is 1.64. The average molecular weight is 302 g/mol. The molecule has 1 N–H and O–H groups in total. The van der Waals surface area contributed by atoms with Gasteiger partial charge in [0.15, 0.2) is 5.13 Å². The summed E-state index contributed by atoms with van der Waals surface area (Å²) in [5.74, 6) is -0.223. The van der Waals surface area contributed by atoms with Gasteiger partial charge in [-0.2, -0.15) is 0 Å². The van der Waals surface area contributed by atoms with Crippen molar-refractivity contribution >= 4 is 22.4 Å². The molecule has 5 heteroatoms. The lowest BCUT2D eigenvalue weighted by molar-refractivity contribution is -0.137. The summed E-state index contributed by atoms with van der Waals surface area (Å²) < 4.78 is 0. The Morgan fingerprint density at radius 1 is 1.38 bits per heavy atom. The van der Waals surface area contributed by atoms with Crippen LogP contribution in [0.2, 0.25) is 0 Å². The first-order valence-electron chi connectivity index (χ1n) is 7.20. The van der Waals surface area contributed by atoms with Crippen LogP contribution in [0.3, 0.4) is 0 Å². The molecule has 2 aromatic rings. The summed E-state index contributed by atoms with van der Waals surface area (Å²) in [7, 11) is 0. The van der Waals surface area contributed by atoms with Crippen LogP contribution in [-0.4, -0.2) is 29.1 Å². The zero-order valence-electron chi connectivity index (χ0n) is 11.7.